The van der Waals surface area contributed by atoms with Gasteiger partial charge in [0.1, 0.15) is 5.58 Å². The zero-order chi connectivity index (χ0) is 20.9. The Labute approximate surface area is 192 Å². The summed E-state index contributed by atoms with van der Waals surface area (Å²) in [5, 5.41) is 0.675. The van der Waals surface area contributed by atoms with E-state index >= 15 is 0 Å². The molecule has 1 radical (unpaired) electrons. The number of halogens is 2. The van der Waals surface area contributed by atoms with E-state index in [1.54, 1.807) is 12.1 Å². The number of aryl methyl sites for hydroxylation is 1. The molecule has 0 N–H and O–H groups in total. The molecule has 0 saturated heterocycles. The zero-order valence-corrected chi connectivity index (χ0v) is 18.8. The molecule has 0 fully saturated rings. The third-order valence-corrected chi connectivity index (χ3v) is 4.35. The summed E-state index contributed by atoms with van der Waals surface area (Å²) < 4.78 is 31.6. The molecule has 0 saturated carbocycles. The van der Waals surface area contributed by atoms with Crippen LogP contribution in [-0.2, 0) is 20.1 Å². The fourth-order valence-corrected chi connectivity index (χ4v) is 2.97. The van der Waals surface area contributed by atoms with Crippen molar-refractivity contribution in [2.75, 3.05) is 0 Å². The number of fused-ring (bicyclic) bond motifs is 1. The van der Waals surface area contributed by atoms with Crippen LogP contribution in [0.4, 0.5) is 8.78 Å². The van der Waals surface area contributed by atoms with Gasteiger partial charge in [0.15, 0.2) is 0 Å². The number of hydrogen-bond donors (Lipinski definition) is 0. The van der Waals surface area contributed by atoms with Crippen molar-refractivity contribution < 1.29 is 33.3 Å². The summed E-state index contributed by atoms with van der Waals surface area (Å²) >= 11 is 0. The van der Waals surface area contributed by atoms with Gasteiger partial charge in [-0.3, -0.25) is 8.78 Å². The Bertz CT molecular complexity index is 1290. The first-order valence-electron chi connectivity index (χ1n) is 9.22. The average Bonchev–Trinajstić information content (AvgIpc) is 3.24. The molecule has 3 nitrogen and oxygen atoms in total. The fourth-order valence-electron chi connectivity index (χ4n) is 2.97. The van der Waals surface area contributed by atoms with E-state index in [1.807, 2.05) is 49.4 Å². The van der Waals surface area contributed by atoms with Crippen molar-refractivity contribution >= 4 is 11.0 Å². The van der Waals surface area contributed by atoms with E-state index in [2.05, 4.69) is 22.1 Å². The van der Waals surface area contributed by atoms with Crippen molar-refractivity contribution in [1.82, 2.24) is 9.97 Å². The standard InChI is InChI=1S/C13H6F2NO.C12H10N.Ir/c14-8-1-2-9(11(15)7-8)13-10-4-6-17-12(10)3-5-16-13;1-10-6-5-9-12(13-10)11-7-3-2-4-8-11;/h1,3-7H;2-7,9H,1H3;/q2*-1;. The zero-order valence-electron chi connectivity index (χ0n) is 16.4. The summed E-state index contributed by atoms with van der Waals surface area (Å²) in [6, 6.07) is 24.8. The molecule has 0 unspecified atom stereocenters. The third kappa shape index (κ3) is 5.29. The number of hydrogen-bond acceptors (Lipinski definition) is 3. The van der Waals surface area contributed by atoms with E-state index in [1.165, 1.54) is 12.5 Å². The summed E-state index contributed by atoms with van der Waals surface area (Å²) in [7, 11) is 0. The Morgan fingerprint density at radius 1 is 0.968 bits per heavy atom. The Morgan fingerprint density at radius 2 is 1.84 bits per heavy atom. The molecule has 3 heterocycles. The maximum absolute atomic E-state index is 13.6. The molecule has 0 aliphatic heterocycles. The first-order valence-corrected chi connectivity index (χ1v) is 9.22. The van der Waals surface area contributed by atoms with Crippen molar-refractivity contribution in [3.8, 4) is 22.5 Å². The summed E-state index contributed by atoms with van der Waals surface area (Å²) in [5.74, 6) is -1.35. The second-order valence-electron chi connectivity index (χ2n) is 6.47. The molecule has 0 amide bonds. The van der Waals surface area contributed by atoms with Gasteiger partial charge in [0.05, 0.1) is 6.26 Å². The average molecular weight is 591 g/mol. The number of furan rings is 1. The topological polar surface area (TPSA) is 38.9 Å². The number of benzene rings is 2. The number of rotatable bonds is 2. The summed E-state index contributed by atoms with van der Waals surface area (Å²) in [6.07, 6.45) is 3.01. The molecule has 31 heavy (non-hydrogen) atoms. The molecular weight excluding hydrogens is 575 g/mol. The van der Waals surface area contributed by atoms with Crippen LogP contribution in [0.1, 0.15) is 5.69 Å². The van der Waals surface area contributed by atoms with Gasteiger partial charge in [-0.2, -0.15) is 0 Å². The van der Waals surface area contributed by atoms with Crippen molar-refractivity contribution in [1.29, 1.82) is 0 Å². The summed E-state index contributed by atoms with van der Waals surface area (Å²) in [4.78, 5) is 8.50. The Morgan fingerprint density at radius 3 is 2.58 bits per heavy atom. The monoisotopic (exact) mass is 591 g/mol. The van der Waals surface area contributed by atoms with Gasteiger partial charge in [0.25, 0.3) is 0 Å². The molecule has 0 spiro atoms. The van der Waals surface area contributed by atoms with E-state index in [9.17, 15) is 8.78 Å². The fraction of sp³-hybridized carbons (Fsp3) is 0.0400. The minimum absolute atomic E-state index is 0. The van der Waals surface area contributed by atoms with Gasteiger partial charge in [-0.25, -0.2) is 0 Å². The van der Waals surface area contributed by atoms with E-state index in [0.717, 1.165) is 29.1 Å². The molecule has 5 rings (SSSR count). The van der Waals surface area contributed by atoms with Gasteiger partial charge in [0, 0.05) is 54.7 Å². The normalized spacial score (nSPS) is 10.2. The summed E-state index contributed by atoms with van der Waals surface area (Å²) in [6.45, 7) is 1.99. The second kappa shape index (κ2) is 10.2. The van der Waals surface area contributed by atoms with Crippen LogP contribution in [0.25, 0.3) is 33.5 Å². The smallest absolute Gasteiger partial charge is 0.128 e. The Hall–Kier alpha value is -3.21. The predicted octanol–water partition coefficient (Wildman–Crippen LogP) is 6.43. The van der Waals surface area contributed by atoms with E-state index in [0.29, 0.717) is 16.7 Å². The minimum atomic E-state index is -0.689. The van der Waals surface area contributed by atoms with Crippen LogP contribution in [-0.4, -0.2) is 9.97 Å². The number of pyridine rings is 2. The third-order valence-electron chi connectivity index (χ3n) is 4.35. The van der Waals surface area contributed by atoms with E-state index in [4.69, 9.17) is 4.42 Å². The second-order valence-corrected chi connectivity index (χ2v) is 6.47. The van der Waals surface area contributed by atoms with Gasteiger partial charge in [-0.1, -0.05) is 23.8 Å². The van der Waals surface area contributed by atoms with Crippen LogP contribution in [0.2, 0.25) is 0 Å². The van der Waals surface area contributed by atoms with Gasteiger partial charge in [0.2, 0.25) is 0 Å². The number of aromatic nitrogens is 2. The molecule has 5 aromatic rings. The molecule has 6 heteroatoms. The first kappa shape index (κ1) is 22.5. The maximum atomic E-state index is 13.6. The summed E-state index contributed by atoms with van der Waals surface area (Å²) in [5.41, 5.74) is 4.21. The largest absolute Gasteiger partial charge is 0.465 e. The van der Waals surface area contributed by atoms with Crippen molar-refractivity contribution in [3.05, 3.63) is 109 Å². The van der Waals surface area contributed by atoms with Gasteiger partial charge < -0.3 is 14.4 Å². The van der Waals surface area contributed by atoms with Crippen LogP contribution in [0.5, 0.6) is 0 Å². The van der Waals surface area contributed by atoms with E-state index in [-0.39, 0.29) is 25.7 Å². The predicted molar refractivity (Wildman–Crippen MR) is 111 cm³/mol. The molecule has 0 bridgehead atoms. The van der Waals surface area contributed by atoms with Gasteiger partial charge in [-0.15, -0.1) is 48.0 Å². The SMILES string of the molecule is Cc1cccc(-c2[c-]cccc2)n1.Fc1c[c-]c(-c2nccc3occc23)c(F)c1.[Ir]. The molecule has 2 aromatic carbocycles. The Kier molecular flexibility index (Phi) is 7.40. The first-order chi connectivity index (χ1) is 14.6. The molecule has 0 aliphatic carbocycles. The molecule has 3 aromatic heterocycles. The van der Waals surface area contributed by atoms with Crippen LogP contribution < -0.4 is 0 Å². The van der Waals surface area contributed by atoms with Crippen LogP contribution >= 0.6 is 0 Å². The number of nitrogens with zero attached hydrogens (tertiary/aromatic N) is 2. The molecular formula is C25H16F2IrN2O-2. The van der Waals surface area contributed by atoms with Gasteiger partial charge >= 0.3 is 0 Å². The van der Waals surface area contributed by atoms with Crippen LogP contribution in [0, 0.1) is 30.7 Å². The van der Waals surface area contributed by atoms with Crippen LogP contribution in [0.15, 0.2) is 83.6 Å². The minimum Gasteiger partial charge on any atom is -0.465 e. The van der Waals surface area contributed by atoms with E-state index < -0.39 is 11.6 Å². The quantitative estimate of drug-likeness (QED) is 0.223. The van der Waals surface area contributed by atoms with Crippen molar-refractivity contribution in [2.45, 2.75) is 6.92 Å². The van der Waals surface area contributed by atoms with Crippen molar-refractivity contribution in [3.63, 3.8) is 0 Å². The molecule has 157 valence electrons. The van der Waals surface area contributed by atoms with Crippen LogP contribution in [0.3, 0.4) is 0 Å². The Balaban J connectivity index is 0.000000176. The molecule has 0 atom stereocenters. The maximum Gasteiger partial charge on any atom is 0.128 e. The van der Waals surface area contributed by atoms with Gasteiger partial charge in [-0.05, 0) is 30.8 Å². The molecule has 0 aliphatic rings. The van der Waals surface area contributed by atoms with Crippen molar-refractivity contribution in [2.24, 2.45) is 0 Å².